The number of rotatable bonds is 7. The predicted octanol–water partition coefficient (Wildman–Crippen LogP) is 4.89. The van der Waals surface area contributed by atoms with Gasteiger partial charge in [-0.1, -0.05) is 64.5 Å². The standard InChI is InChI=1S/C22H18BrN3O3S/c23-19-13-11-18(12-14-19)22-25-24-21(29-22)16-26(15-17-7-3-1-4-8-17)30(27,28)20-9-5-2-6-10-20/h1-14H,15-16H2. The Kier molecular flexibility index (Phi) is 6.08. The zero-order chi connectivity index (χ0) is 21.0. The van der Waals surface area contributed by atoms with Gasteiger partial charge in [-0.3, -0.25) is 0 Å². The fourth-order valence-corrected chi connectivity index (χ4v) is 4.59. The van der Waals surface area contributed by atoms with Gasteiger partial charge in [-0.2, -0.15) is 4.31 Å². The Morgan fingerprint density at radius 3 is 2.10 bits per heavy atom. The Morgan fingerprint density at radius 1 is 0.800 bits per heavy atom. The van der Waals surface area contributed by atoms with Crippen LogP contribution in [0.5, 0.6) is 0 Å². The Morgan fingerprint density at radius 2 is 1.43 bits per heavy atom. The largest absolute Gasteiger partial charge is 0.419 e. The lowest BCUT2D eigenvalue weighted by Gasteiger charge is -2.20. The van der Waals surface area contributed by atoms with E-state index in [1.165, 1.54) is 4.31 Å². The van der Waals surface area contributed by atoms with Gasteiger partial charge >= 0.3 is 0 Å². The van der Waals surface area contributed by atoms with Crippen LogP contribution in [0.2, 0.25) is 0 Å². The number of benzene rings is 3. The van der Waals surface area contributed by atoms with Crippen LogP contribution in [0.3, 0.4) is 0 Å². The first-order valence-corrected chi connectivity index (χ1v) is 11.4. The molecule has 0 amide bonds. The third-order valence-corrected chi connectivity index (χ3v) is 6.79. The van der Waals surface area contributed by atoms with Crippen LogP contribution < -0.4 is 0 Å². The van der Waals surface area contributed by atoms with E-state index in [1.807, 2.05) is 54.6 Å². The van der Waals surface area contributed by atoms with Gasteiger partial charge in [0.05, 0.1) is 11.4 Å². The molecule has 3 aromatic carbocycles. The summed E-state index contributed by atoms with van der Waals surface area (Å²) in [7, 11) is -3.76. The van der Waals surface area contributed by atoms with Crippen LogP contribution in [0.1, 0.15) is 11.5 Å². The van der Waals surface area contributed by atoms with Crippen molar-refractivity contribution in [3.05, 3.63) is 101 Å². The average Bonchev–Trinajstić information content (AvgIpc) is 3.24. The van der Waals surface area contributed by atoms with Gasteiger partial charge in [0, 0.05) is 16.6 Å². The average molecular weight is 484 g/mol. The van der Waals surface area contributed by atoms with Crippen molar-refractivity contribution < 1.29 is 12.8 Å². The van der Waals surface area contributed by atoms with Gasteiger partial charge in [-0.25, -0.2) is 8.42 Å². The molecule has 0 aliphatic heterocycles. The topological polar surface area (TPSA) is 76.3 Å². The third kappa shape index (κ3) is 4.67. The second-order valence-electron chi connectivity index (χ2n) is 6.58. The van der Waals surface area contributed by atoms with Crippen molar-refractivity contribution in [3.8, 4) is 11.5 Å². The van der Waals surface area contributed by atoms with E-state index in [9.17, 15) is 8.42 Å². The van der Waals surface area contributed by atoms with Gasteiger partial charge in [-0.05, 0) is 42.0 Å². The van der Waals surface area contributed by atoms with E-state index in [0.29, 0.717) is 5.89 Å². The molecular formula is C22H18BrN3O3S. The molecule has 0 aliphatic carbocycles. The van der Waals surface area contributed by atoms with Crippen molar-refractivity contribution in [1.29, 1.82) is 0 Å². The second kappa shape index (κ2) is 8.91. The van der Waals surface area contributed by atoms with Crippen LogP contribution in [0.25, 0.3) is 11.5 Å². The Balaban J connectivity index is 1.64. The van der Waals surface area contributed by atoms with E-state index in [2.05, 4.69) is 26.1 Å². The van der Waals surface area contributed by atoms with Crippen molar-refractivity contribution >= 4 is 26.0 Å². The lowest BCUT2D eigenvalue weighted by atomic mass is 10.2. The number of sulfonamides is 1. The summed E-state index contributed by atoms with van der Waals surface area (Å²) in [5.74, 6) is 0.567. The first kappa shape index (κ1) is 20.5. The van der Waals surface area contributed by atoms with Crippen LogP contribution in [-0.2, 0) is 23.1 Å². The summed E-state index contributed by atoms with van der Waals surface area (Å²) in [5, 5.41) is 8.15. The molecule has 30 heavy (non-hydrogen) atoms. The van der Waals surface area contributed by atoms with E-state index in [4.69, 9.17) is 4.42 Å². The maximum atomic E-state index is 13.3. The van der Waals surface area contributed by atoms with E-state index < -0.39 is 10.0 Å². The first-order valence-electron chi connectivity index (χ1n) is 9.20. The summed E-state index contributed by atoms with van der Waals surface area (Å²) in [6.07, 6.45) is 0. The molecular weight excluding hydrogens is 466 g/mol. The van der Waals surface area contributed by atoms with E-state index in [-0.39, 0.29) is 23.9 Å². The zero-order valence-corrected chi connectivity index (χ0v) is 18.3. The van der Waals surface area contributed by atoms with E-state index in [0.717, 1.165) is 15.6 Å². The minimum atomic E-state index is -3.76. The quantitative estimate of drug-likeness (QED) is 0.373. The summed E-state index contributed by atoms with van der Waals surface area (Å²) >= 11 is 3.39. The van der Waals surface area contributed by atoms with Gasteiger partial charge in [-0.15, -0.1) is 10.2 Å². The smallest absolute Gasteiger partial charge is 0.247 e. The van der Waals surface area contributed by atoms with Gasteiger partial charge in [0.1, 0.15) is 0 Å². The number of hydrogen-bond acceptors (Lipinski definition) is 5. The molecule has 0 saturated carbocycles. The predicted molar refractivity (Wildman–Crippen MR) is 117 cm³/mol. The van der Waals surface area contributed by atoms with Crippen LogP contribution in [0.15, 0.2) is 98.7 Å². The fourth-order valence-electron chi connectivity index (χ4n) is 2.93. The molecule has 0 radical (unpaired) electrons. The molecule has 0 fully saturated rings. The van der Waals surface area contributed by atoms with E-state index in [1.54, 1.807) is 30.3 Å². The van der Waals surface area contributed by atoms with Crippen LogP contribution in [0.4, 0.5) is 0 Å². The molecule has 152 valence electrons. The summed E-state index contributed by atoms with van der Waals surface area (Å²) in [4.78, 5) is 0.216. The van der Waals surface area contributed by atoms with Gasteiger partial charge in [0.15, 0.2) is 0 Å². The van der Waals surface area contributed by atoms with Crippen molar-refractivity contribution in [2.24, 2.45) is 0 Å². The summed E-state index contributed by atoms with van der Waals surface area (Å²) in [5.41, 5.74) is 1.63. The summed E-state index contributed by atoms with van der Waals surface area (Å²) < 4.78 is 34.6. The number of halogens is 1. The second-order valence-corrected chi connectivity index (χ2v) is 9.43. The molecule has 0 saturated heterocycles. The maximum absolute atomic E-state index is 13.3. The zero-order valence-electron chi connectivity index (χ0n) is 15.8. The SMILES string of the molecule is O=S(=O)(c1ccccc1)N(Cc1ccccc1)Cc1nnc(-c2ccc(Br)cc2)o1. The Labute approximate surface area is 183 Å². The lowest BCUT2D eigenvalue weighted by Crippen LogP contribution is -2.30. The van der Waals surface area contributed by atoms with E-state index >= 15 is 0 Å². The number of nitrogens with zero attached hydrogens (tertiary/aromatic N) is 3. The molecule has 0 aliphatic rings. The van der Waals surface area contributed by atoms with Crippen LogP contribution >= 0.6 is 15.9 Å². The minimum absolute atomic E-state index is 0.0321. The molecule has 0 N–H and O–H groups in total. The van der Waals surface area contributed by atoms with Crippen LogP contribution in [0, 0.1) is 0 Å². The van der Waals surface area contributed by atoms with Gasteiger partial charge in [0.2, 0.25) is 21.8 Å². The van der Waals surface area contributed by atoms with Crippen molar-refractivity contribution in [2.45, 2.75) is 18.0 Å². The molecule has 0 bridgehead atoms. The Bertz CT molecular complexity index is 1210. The number of aromatic nitrogens is 2. The highest BCUT2D eigenvalue weighted by atomic mass is 79.9. The van der Waals surface area contributed by atoms with Gasteiger partial charge in [0.25, 0.3) is 0 Å². The molecule has 1 heterocycles. The van der Waals surface area contributed by atoms with Crippen LogP contribution in [-0.4, -0.2) is 22.9 Å². The summed E-state index contributed by atoms with van der Waals surface area (Å²) in [6.45, 7) is 0.156. The highest BCUT2D eigenvalue weighted by molar-refractivity contribution is 9.10. The molecule has 1 aromatic heterocycles. The van der Waals surface area contributed by atoms with Crippen molar-refractivity contribution in [1.82, 2.24) is 14.5 Å². The monoisotopic (exact) mass is 483 g/mol. The molecule has 0 atom stereocenters. The lowest BCUT2D eigenvalue weighted by molar-refractivity contribution is 0.353. The molecule has 0 spiro atoms. The molecule has 0 unspecified atom stereocenters. The minimum Gasteiger partial charge on any atom is -0.419 e. The molecule has 6 nitrogen and oxygen atoms in total. The molecule has 8 heteroatoms. The highest BCUT2D eigenvalue weighted by Gasteiger charge is 2.27. The summed E-state index contributed by atoms with van der Waals surface area (Å²) in [6, 6.07) is 25.2. The number of hydrogen-bond donors (Lipinski definition) is 0. The third-order valence-electron chi connectivity index (χ3n) is 4.45. The van der Waals surface area contributed by atoms with Crippen molar-refractivity contribution in [2.75, 3.05) is 0 Å². The Hall–Kier alpha value is -2.81. The fraction of sp³-hybridized carbons (Fsp3) is 0.0909. The first-order chi connectivity index (χ1) is 14.5. The highest BCUT2D eigenvalue weighted by Crippen LogP contribution is 2.24. The maximum Gasteiger partial charge on any atom is 0.247 e. The molecule has 4 rings (SSSR count). The molecule has 4 aromatic rings. The van der Waals surface area contributed by atoms with Crippen molar-refractivity contribution in [3.63, 3.8) is 0 Å². The van der Waals surface area contributed by atoms with Gasteiger partial charge < -0.3 is 4.42 Å². The normalized spacial score (nSPS) is 11.7.